The first-order valence-electron chi connectivity index (χ1n) is 10.4. The Morgan fingerprint density at radius 3 is 2.45 bits per heavy atom. The van der Waals surface area contributed by atoms with Crippen molar-refractivity contribution in [3.8, 4) is 0 Å². The van der Waals surface area contributed by atoms with Gasteiger partial charge in [-0.2, -0.15) is 0 Å². The molecule has 29 heavy (non-hydrogen) atoms. The number of rotatable bonds is 8. The van der Waals surface area contributed by atoms with E-state index in [-0.39, 0.29) is 5.91 Å². The van der Waals surface area contributed by atoms with Crippen molar-refractivity contribution in [2.24, 2.45) is 5.92 Å². The second-order valence-corrected chi connectivity index (χ2v) is 8.06. The normalized spacial score (nSPS) is 14.8. The minimum atomic E-state index is -0.192. The van der Waals surface area contributed by atoms with E-state index in [9.17, 15) is 4.79 Å². The van der Waals surface area contributed by atoms with Crippen LogP contribution in [0.5, 0.6) is 0 Å². The molecule has 1 fully saturated rings. The van der Waals surface area contributed by atoms with E-state index >= 15 is 0 Å². The highest BCUT2D eigenvalue weighted by Gasteiger charge is 2.15. The largest absolute Gasteiger partial charge is 0.372 e. The number of piperidine rings is 1. The van der Waals surface area contributed by atoms with Gasteiger partial charge in [-0.05, 0) is 82.2 Å². The second kappa shape index (κ2) is 10.2. The van der Waals surface area contributed by atoms with Gasteiger partial charge in [0.1, 0.15) is 0 Å². The van der Waals surface area contributed by atoms with Crippen molar-refractivity contribution < 1.29 is 4.79 Å². The number of carbonyl (C=O) groups excluding carboxylic acids is 1. The van der Waals surface area contributed by atoms with Crippen molar-refractivity contribution in [2.45, 2.75) is 26.2 Å². The topological polar surface area (TPSA) is 73.4 Å². The van der Waals surface area contributed by atoms with E-state index in [0.717, 1.165) is 37.7 Å². The molecule has 0 spiro atoms. The van der Waals surface area contributed by atoms with Crippen molar-refractivity contribution in [2.75, 3.05) is 50.5 Å². The van der Waals surface area contributed by atoms with Gasteiger partial charge in [0.05, 0.1) is 0 Å². The van der Waals surface area contributed by atoms with E-state index in [0.29, 0.717) is 18.1 Å². The summed E-state index contributed by atoms with van der Waals surface area (Å²) >= 11 is 0. The maximum Gasteiger partial charge on any atom is 0.271 e. The zero-order chi connectivity index (χ0) is 20.6. The molecule has 2 heterocycles. The van der Waals surface area contributed by atoms with Crippen molar-refractivity contribution >= 4 is 23.1 Å². The smallest absolute Gasteiger partial charge is 0.271 e. The monoisotopic (exact) mass is 396 g/mol. The standard InChI is InChI=1S/C22H32N6O/c1-17-11-15-28(16-12-17)19-7-5-18(6-8-19)24-21-10-9-20(25-26-21)22(29)23-13-4-14-27(2)3/h5-10,17H,4,11-16H2,1-3H3,(H,23,29)(H,24,26). The molecule has 0 unspecified atom stereocenters. The summed E-state index contributed by atoms with van der Waals surface area (Å²) in [5, 5.41) is 14.3. The molecule has 1 aromatic heterocycles. The number of aromatic nitrogens is 2. The quantitative estimate of drug-likeness (QED) is 0.668. The summed E-state index contributed by atoms with van der Waals surface area (Å²) in [4.78, 5) is 16.6. The molecule has 7 heteroatoms. The van der Waals surface area contributed by atoms with E-state index in [1.165, 1.54) is 18.5 Å². The summed E-state index contributed by atoms with van der Waals surface area (Å²) in [6.07, 6.45) is 3.41. The Kier molecular flexibility index (Phi) is 7.41. The highest BCUT2D eigenvalue weighted by molar-refractivity contribution is 5.92. The maximum absolute atomic E-state index is 12.1. The average Bonchev–Trinajstić information content (AvgIpc) is 2.73. The summed E-state index contributed by atoms with van der Waals surface area (Å²) in [6.45, 7) is 6.13. The Morgan fingerprint density at radius 1 is 1.10 bits per heavy atom. The van der Waals surface area contributed by atoms with Gasteiger partial charge < -0.3 is 20.4 Å². The first-order chi connectivity index (χ1) is 14.0. The van der Waals surface area contributed by atoms with Gasteiger partial charge in [0.15, 0.2) is 11.5 Å². The minimum Gasteiger partial charge on any atom is -0.372 e. The molecule has 7 nitrogen and oxygen atoms in total. The molecule has 0 saturated carbocycles. The van der Waals surface area contributed by atoms with Crippen LogP contribution in [0.4, 0.5) is 17.2 Å². The van der Waals surface area contributed by atoms with Crippen LogP contribution in [-0.2, 0) is 0 Å². The fourth-order valence-electron chi connectivity index (χ4n) is 3.38. The van der Waals surface area contributed by atoms with Crippen molar-refractivity contribution in [3.63, 3.8) is 0 Å². The Hall–Kier alpha value is -2.67. The molecule has 1 amide bonds. The van der Waals surface area contributed by atoms with E-state index in [1.54, 1.807) is 12.1 Å². The molecular weight excluding hydrogens is 364 g/mol. The average molecular weight is 397 g/mol. The Balaban J connectivity index is 1.49. The maximum atomic E-state index is 12.1. The molecule has 0 radical (unpaired) electrons. The number of amides is 1. The van der Waals surface area contributed by atoms with Crippen molar-refractivity contribution in [1.29, 1.82) is 0 Å². The molecule has 1 aliphatic rings. The van der Waals surface area contributed by atoms with Crippen LogP contribution in [0.2, 0.25) is 0 Å². The number of hydrogen-bond acceptors (Lipinski definition) is 6. The molecule has 2 aromatic rings. The van der Waals surface area contributed by atoms with Gasteiger partial charge in [-0.15, -0.1) is 10.2 Å². The predicted molar refractivity (Wildman–Crippen MR) is 118 cm³/mol. The zero-order valence-corrected chi connectivity index (χ0v) is 17.7. The summed E-state index contributed by atoms with van der Waals surface area (Å²) in [6, 6.07) is 11.9. The molecule has 0 aliphatic carbocycles. The lowest BCUT2D eigenvalue weighted by Crippen LogP contribution is -2.32. The number of anilines is 3. The molecule has 1 aliphatic heterocycles. The fraction of sp³-hybridized carbons (Fsp3) is 0.500. The number of nitrogens with zero attached hydrogens (tertiary/aromatic N) is 4. The lowest BCUT2D eigenvalue weighted by atomic mass is 9.99. The molecule has 1 aromatic carbocycles. The van der Waals surface area contributed by atoms with Crippen LogP contribution < -0.4 is 15.5 Å². The predicted octanol–water partition coefficient (Wildman–Crippen LogP) is 3.14. The van der Waals surface area contributed by atoms with E-state index in [1.807, 2.05) is 14.1 Å². The van der Waals surface area contributed by atoms with Crippen LogP contribution in [0.1, 0.15) is 36.7 Å². The zero-order valence-electron chi connectivity index (χ0n) is 17.7. The Bertz CT molecular complexity index is 767. The third kappa shape index (κ3) is 6.42. The van der Waals surface area contributed by atoms with Crippen LogP contribution >= 0.6 is 0 Å². The van der Waals surface area contributed by atoms with E-state index in [4.69, 9.17) is 0 Å². The van der Waals surface area contributed by atoms with Crippen LogP contribution in [0, 0.1) is 5.92 Å². The number of nitrogens with one attached hydrogen (secondary N) is 2. The highest BCUT2D eigenvalue weighted by atomic mass is 16.1. The van der Waals surface area contributed by atoms with E-state index in [2.05, 4.69) is 61.8 Å². The van der Waals surface area contributed by atoms with Crippen LogP contribution in [-0.4, -0.2) is 61.3 Å². The molecule has 156 valence electrons. The lowest BCUT2D eigenvalue weighted by Gasteiger charge is -2.32. The van der Waals surface area contributed by atoms with Gasteiger partial charge >= 0.3 is 0 Å². The third-order valence-corrected chi connectivity index (χ3v) is 5.25. The van der Waals surface area contributed by atoms with Gasteiger partial charge in [-0.25, -0.2) is 0 Å². The SMILES string of the molecule is CC1CCN(c2ccc(Nc3ccc(C(=O)NCCCN(C)C)nn3)cc2)CC1. The van der Waals surface area contributed by atoms with Crippen LogP contribution in [0.15, 0.2) is 36.4 Å². The summed E-state index contributed by atoms with van der Waals surface area (Å²) in [5.74, 6) is 1.26. The number of hydrogen-bond donors (Lipinski definition) is 2. The lowest BCUT2D eigenvalue weighted by molar-refractivity contribution is 0.0946. The Labute approximate surface area is 173 Å². The first-order valence-corrected chi connectivity index (χ1v) is 10.4. The molecular formula is C22H32N6O. The van der Waals surface area contributed by atoms with Gasteiger partial charge in [-0.3, -0.25) is 4.79 Å². The molecule has 2 N–H and O–H groups in total. The van der Waals surface area contributed by atoms with Gasteiger partial charge in [-0.1, -0.05) is 6.92 Å². The van der Waals surface area contributed by atoms with Gasteiger partial charge in [0.2, 0.25) is 0 Å². The first kappa shape index (κ1) is 21.0. The van der Waals surface area contributed by atoms with Crippen LogP contribution in [0.25, 0.3) is 0 Å². The molecule has 0 atom stereocenters. The summed E-state index contributed by atoms with van der Waals surface area (Å²) < 4.78 is 0. The molecule has 0 bridgehead atoms. The molecule has 1 saturated heterocycles. The fourth-order valence-corrected chi connectivity index (χ4v) is 3.38. The number of carbonyl (C=O) groups is 1. The second-order valence-electron chi connectivity index (χ2n) is 8.06. The summed E-state index contributed by atoms with van der Waals surface area (Å²) in [7, 11) is 4.03. The van der Waals surface area contributed by atoms with Crippen molar-refractivity contribution in [1.82, 2.24) is 20.4 Å². The highest BCUT2D eigenvalue weighted by Crippen LogP contribution is 2.25. The Morgan fingerprint density at radius 2 is 1.83 bits per heavy atom. The van der Waals surface area contributed by atoms with Gasteiger partial charge in [0.25, 0.3) is 5.91 Å². The molecule has 3 rings (SSSR count). The minimum absolute atomic E-state index is 0.192. The van der Waals surface area contributed by atoms with E-state index < -0.39 is 0 Å². The van der Waals surface area contributed by atoms with Crippen molar-refractivity contribution in [3.05, 3.63) is 42.1 Å². The third-order valence-electron chi connectivity index (χ3n) is 5.25. The summed E-state index contributed by atoms with van der Waals surface area (Å²) in [5.41, 5.74) is 2.54. The number of benzene rings is 1. The van der Waals surface area contributed by atoms with Gasteiger partial charge in [0, 0.05) is 31.0 Å². The van der Waals surface area contributed by atoms with Crippen LogP contribution in [0.3, 0.4) is 0 Å².